The van der Waals surface area contributed by atoms with Crippen molar-refractivity contribution in [2.24, 2.45) is 0 Å². The van der Waals surface area contributed by atoms with Crippen molar-refractivity contribution in [1.29, 1.82) is 0 Å². The molecule has 0 unspecified atom stereocenters. The fourth-order valence-electron chi connectivity index (χ4n) is 1.13. The largest absolute Gasteiger partial charge is 0.497 e. The molecule has 0 aromatic heterocycles. The van der Waals surface area contributed by atoms with Crippen molar-refractivity contribution >= 4 is 17.4 Å². The predicted octanol–water partition coefficient (Wildman–Crippen LogP) is 2.48. The standard InChI is InChI=1S/C10H11ClO2/c1-7(12)3-8-4-9(11)6-10(5-8)13-2/h4-6H,3H2,1-2H3. The van der Waals surface area contributed by atoms with Gasteiger partial charge in [0.1, 0.15) is 11.5 Å². The maximum atomic E-state index is 10.8. The number of rotatable bonds is 3. The molecule has 70 valence electrons. The van der Waals surface area contributed by atoms with E-state index in [9.17, 15) is 4.79 Å². The zero-order chi connectivity index (χ0) is 9.84. The van der Waals surface area contributed by atoms with E-state index >= 15 is 0 Å². The first-order valence-corrected chi connectivity index (χ1v) is 4.32. The third-order valence-corrected chi connectivity index (χ3v) is 1.84. The highest BCUT2D eigenvalue weighted by Crippen LogP contribution is 2.20. The molecule has 0 radical (unpaired) electrons. The average molecular weight is 199 g/mol. The van der Waals surface area contributed by atoms with E-state index in [-0.39, 0.29) is 5.78 Å². The van der Waals surface area contributed by atoms with Gasteiger partial charge in [0.05, 0.1) is 7.11 Å². The summed E-state index contributed by atoms with van der Waals surface area (Å²) in [4.78, 5) is 10.8. The van der Waals surface area contributed by atoms with Crippen LogP contribution in [0.5, 0.6) is 5.75 Å². The third kappa shape index (κ3) is 3.07. The number of carbonyl (C=O) groups is 1. The Morgan fingerprint density at radius 3 is 2.69 bits per heavy atom. The minimum Gasteiger partial charge on any atom is -0.497 e. The summed E-state index contributed by atoms with van der Waals surface area (Å²) in [5.41, 5.74) is 0.886. The Kier molecular flexibility index (Phi) is 3.32. The topological polar surface area (TPSA) is 26.3 Å². The molecule has 0 atom stereocenters. The lowest BCUT2D eigenvalue weighted by molar-refractivity contribution is -0.116. The number of hydrogen-bond donors (Lipinski definition) is 0. The van der Waals surface area contributed by atoms with Crippen LogP contribution >= 0.6 is 11.6 Å². The number of methoxy groups -OCH3 is 1. The summed E-state index contributed by atoms with van der Waals surface area (Å²) >= 11 is 5.82. The third-order valence-electron chi connectivity index (χ3n) is 1.62. The summed E-state index contributed by atoms with van der Waals surface area (Å²) in [6.07, 6.45) is 0.400. The van der Waals surface area contributed by atoms with Crippen molar-refractivity contribution in [3.63, 3.8) is 0 Å². The Morgan fingerprint density at radius 1 is 1.46 bits per heavy atom. The van der Waals surface area contributed by atoms with E-state index in [1.54, 1.807) is 26.2 Å². The van der Waals surface area contributed by atoms with Gasteiger partial charge in [-0.25, -0.2) is 0 Å². The van der Waals surface area contributed by atoms with Crippen LogP contribution in [0.1, 0.15) is 12.5 Å². The number of ether oxygens (including phenoxy) is 1. The van der Waals surface area contributed by atoms with Crippen molar-refractivity contribution < 1.29 is 9.53 Å². The number of hydrogen-bond acceptors (Lipinski definition) is 2. The Hall–Kier alpha value is -1.02. The maximum absolute atomic E-state index is 10.8. The van der Waals surface area contributed by atoms with Crippen molar-refractivity contribution in [2.75, 3.05) is 7.11 Å². The molecule has 1 rings (SSSR count). The number of ketones is 1. The monoisotopic (exact) mass is 198 g/mol. The number of benzene rings is 1. The lowest BCUT2D eigenvalue weighted by atomic mass is 10.1. The van der Waals surface area contributed by atoms with Crippen LogP contribution < -0.4 is 4.74 Å². The van der Waals surface area contributed by atoms with Crippen molar-refractivity contribution in [3.8, 4) is 5.75 Å². The van der Waals surface area contributed by atoms with Gasteiger partial charge >= 0.3 is 0 Å². The Balaban J connectivity index is 2.94. The fraction of sp³-hybridized carbons (Fsp3) is 0.300. The molecule has 2 nitrogen and oxygen atoms in total. The van der Waals surface area contributed by atoms with E-state index in [0.29, 0.717) is 17.2 Å². The molecule has 0 fully saturated rings. The van der Waals surface area contributed by atoms with Crippen LogP contribution in [0.2, 0.25) is 5.02 Å². The zero-order valence-electron chi connectivity index (χ0n) is 7.63. The summed E-state index contributed by atoms with van der Waals surface area (Å²) in [5.74, 6) is 0.799. The van der Waals surface area contributed by atoms with Crippen LogP contribution in [0.25, 0.3) is 0 Å². The molecule has 0 amide bonds. The van der Waals surface area contributed by atoms with Gasteiger partial charge in [0, 0.05) is 11.4 Å². The van der Waals surface area contributed by atoms with Gasteiger partial charge in [-0.3, -0.25) is 4.79 Å². The van der Waals surface area contributed by atoms with E-state index in [4.69, 9.17) is 16.3 Å². The van der Waals surface area contributed by atoms with Gasteiger partial charge in [0.2, 0.25) is 0 Å². The second kappa shape index (κ2) is 4.28. The van der Waals surface area contributed by atoms with Gasteiger partial charge in [0.25, 0.3) is 0 Å². The molecule has 0 saturated carbocycles. The van der Waals surface area contributed by atoms with E-state index in [1.165, 1.54) is 0 Å². The van der Waals surface area contributed by atoms with E-state index < -0.39 is 0 Å². The Labute approximate surface area is 82.5 Å². The molecule has 1 aromatic rings. The molecule has 0 heterocycles. The highest BCUT2D eigenvalue weighted by atomic mass is 35.5. The smallest absolute Gasteiger partial charge is 0.134 e. The summed E-state index contributed by atoms with van der Waals surface area (Å²) in [5, 5.41) is 0.593. The van der Waals surface area contributed by atoms with Crippen LogP contribution in [0.3, 0.4) is 0 Å². The van der Waals surface area contributed by atoms with Crippen LogP contribution in [-0.2, 0) is 11.2 Å². The minimum atomic E-state index is 0.115. The van der Waals surface area contributed by atoms with E-state index in [0.717, 1.165) is 5.56 Å². The zero-order valence-corrected chi connectivity index (χ0v) is 8.39. The van der Waals surface area contributed by atoms with Gasteiger partial charge in [-0.05, 0) is 30.7 Å². The van der Waals surface area contributed by atoms with Gasteiger partial charge in [-0.1, -0.05) is 11.6 Å². The molecule has 0 N–H and O–H groups in total. The molecule has 3 heteroatoms. The number of Topliss-reactive ketones (excluding diaryl/α,β-unsaturated/α-hetero) is 1. The first-order chi connectivity index (χ1) is 6.11. The predicted molar refractivity (Wildman–Crippen MR) is 52.4 cm³/mol. The summed E-state index contributed by atoms with van der Waals surface area (Å²) in [7, 11) is 1.57. The lowest BCUT2D eigenvalue weighted by Crippen LogP contribution is -1.96. The van der Waals surface area contributed by atoms with Crippen molar-refractivity contribution in [2.45, 2.75) is 13.3 Å². The van der Waals surface area contributed by atoms with Gasteiger partial charge in [-0.15, -0.1) is 0 Å². The highest BCUT2D eigenvalue weighted by Gasteiger charge is 2.01. The molecular weight excluding hydrogens is 188 g/mol. The first kappa shape index (κ1) is 10.1. The quantitative estimate of drug-likeness (QED) is 0.746. The second-order valence-electron chi connectivity index (χ2n) is 2.88. The molecule has 0 bridgehead atoms. The van der Waals surface area contributed by atoms with Gasteiger partial charge < -0.3 is 4.74 Å². The minimum absolute atomic E-state index is 0.115. The Morgan fingerprint density at radius 2 is 2.15 bits per heavy atom. The average Bonchev–Trinajstić information content (AvgIpc) is 2.01. The van der Waals surface area contributed by atoms with Crippen LogP contribution in [0, 0.1) is 0 Å². The number of carbonyl (C=O) groups excluding carboxylic acids is 1. The molecule has 13 heavy (non-hydrogen) atoms. The molecule has 0 aliphatic carbocycles. The maximum Gasteiger partial charge on any atom is 0.134 e. The normalized spacial score (nSPS) is 9.77. The number of halogens is 1. The SMILES string of the molecule is COc1cc(Cl)cc(CC(C)=O)c1. The Bertz CT molecular complexity index is 321. The molecular formula is C10H11ClO2. The molecule has 1 aromatic carbocycles. The lowest BCUT2D eigenvalue weighted by Gasteiger charge is -2.03. The molecule has 0 spiro atoms. The molecule has 0 aliphatic heterocycles. The van der Waals surface area contributed by atoms with Crippen LogP contribution in [0.4, 0.5) is 0 Å². The molecule has 0 aliphatic rings. The second-order valence-corrected chi connectivity index (χ2v) is 3.31. The van der Waals surface area contributed by atoms with E-state index in [2.05, 4.69) is 0 Å². The summed E-state index contributed by atoms with van der Waals surface area (Å²) in [6.45, 7) is 1.55. The molecule has 0 saturated heterocycles. The van der Waals surface area contributed by atoms with E-state index in [1.807, 2.05) is 6.07 Å². The summed E-state index contributed by atoms with van der Waals surface area (Å²) in [6, 6.07) is 5.30. The van der Waals surface area contributed by atoms with Gasteiger partial charge in [-0.2, -0.15) is 0 Å². The van der Waals surface area contributed by atoms with Crippen LogP contribution in [-0.4, -0.2) is 12.9 Å². The van der Waals surface area contributed by atoms with Crippen LogP contribution in [0.15, 0.2) is 18.2 Å². The fourth-order valence-corrected chi connectivity index (χ4v) is 1.38. The van der Waals surface area contributed by atoms with Gasteiger partial charge in [0.15, 0.2) is 0 Å². The van der Waals surface area contributed by atoms with Crippen molar-refractivity contribution in [1.82, 2.24) is 0 Å². The van der Waals surface area contributed by atoms with Crippen molar-refractivity contribution in [3.05, 3.63) is 28.8 Å². The highest BCUT2D eigenvalue weighted by molar-refractivity contribution is 6.30. The summed E-state index contributed by atoms with van der Waals surface area (Å²) < 4.78 is 5.02. The first-order valence-electron chi connectivity index (χ1n) is 3.94.